The van der Waals surface area contributed by atoms with Crippen molar-refractivity contribution in [3.05, 3.63) is 108 Å². The number of aliphatic hydroxyl groups is 1. The molecule has 0 aromatic heterocycles. The third-order valence-corrected chi connectivity index (χ3v) is 8.42. The molecule has 5 rings (SSSR count). The smallest absolute Gasteiger partial charge is 0.184 e. The van der Waals surface area contributed by atoms with E-state index in [2.05, 4.69) is 79.1 Å². The Bertz CT molecular complexity index is 1200. The topological polar surface area (TPSA) is 68.0 Å². The molecule has 0 bridgehead atoms. The van der Waals surface area contributed by atoms with Gasteiger partial charge in [0.2, 0.25) is 0 Å². The second kappa shape index (κ2) is 13.0. The van der Waals surface area contributed by atoms with Gasteiger partial charge in [0.05, 0.1) is 18.8 Å². The molecular formula is C34H42N2O3. The van der Waals surface area contributed by atoms with Gasteiger partial charge in [0.25, 0.3) is 0 Å². The number of rotatable bonds is 10. The second-order valence-electron chi connectivity index (χ2n) is 11.0. The van der Waals surface area contributed by atoms with Gasteiger partial charge in [-0.15, -0.1) is 6.58 Å². The summed E-state index contributed by atoms with van der Waals surface area (Å²) < 4.78 is 13.4. The number of nitrogens with zero attached hydrogens (tertiary/aromatic N) is 1. The maximum absolute atomic E-state index is 9.54. The summed E-state index contributed by atoms with van der Waals surface area (Å²) in [6.45, 7) is 8.56. The number of hydrogen-bond donors (Lipinski definition) is 2. The molecule has 1 aliphatic heterocycles. The molecule has 1 heterocycles. The fourth-order valence-corrected chi connectivity index (χ4v) is 6.08. The van der Waals surface area contributed by atoms with E-state index in [0.29, 0.717) is 12.6 Å². The molecule has 3 N–H and O–H groups in total. The van der Waals surface area contributed by atoms with Crippen LogP contribution in [0.4, 0.5) is 0 Å². The molecule has 206 valence electrons. The zero-order valence-electron chi connectivity index (χ0n) is 23.0. The van der Waals surface area contributed by atoms with Gasteiger partial charge < -0.3 is 20.3 Å². The first-order chi connectivity index (χ1) is 19.1. The summed E-state index contributed by atoms with van der Waals surface area (Å²) in [5, 5.41) is 9.54. The number of ether oxygens (including phenoxy) is 2. The van der Waals surface area contributed by atoms with E-state index in [1.807, 2.05) is 18.2 Å². The Morgan fingerprint density at radius 3 is 2.31 bits per heavy atom. The van der Waals surface area contributed by atoms with Crippen molar-refractivity contribution in [2.45, 2.75) is 70.3 Å². The summed E-state index contributed by atoms with van der Waals surface area (Å²) in [5.74, 6) is 0.160. The SMILES string of the molecule is C=CCN(C[C@H]1O[C@@H](c2ccc(-c3cccc(CN)c3)cc2)O[C@@H](c2ccc(CO)cc2)[C@H]1C)C1CCCC1. The van der Waals surface area contributed by atoms with Crippen LogP contribution in [0.2, 0.25) is 0 Å². The number of aliphatic hydroxyl groups excluding tert-OH is 1. The molecule has 0 amide bonds. The van der Waals surface area contributed by atoms with Crippen LogP contribution in [0.1, 0.15) is 67.3 Å². The monoisotopic (exact) mass is 526 g/mol. The highest BCUT2D eigenvalue weighted by Gasteiger charge is 2.40. The lowest BCUT2D eigenvalue weighted by Gasteiger charge is -2.43. The van der Waals surface area contributed by atoms with E-state index in [0.717, 1.165) is 46.5 Å². The van der Waals surface area contributed by atoms with Crippen molar-refractivity contribution in [3.8, 4) is 11.1 Å². The molecule has 2 aliphatic rings. The predicted molar refractivity (Wildman–Crippen MR) is 157 cm³/mol. The highest BCUT2D eigenvalue weighted by atomic mass is 16.7. The van der Waals surface area contributed by atoms with Gasteiger partial charge in [0.1, 0.15) is 0 Å². The minimum Gasteiger partial charge on any atom is -0.392 e. The van der Waals surface area contributed by atoms with Gasteiger partial charge in [-0.25, -0.2) is 0 Å². The van der Waals surface area contributed by atoms with Gasteiger partial charge in [0.15, 0.2) is 6.29 Å². The molecule has 2 fully saturated rings. The quantitative estimate of drug-likeness (QED) is 0.294. The van der Waals surface area contributed by atoms with Gasteiger partial charge >= 0.3 is 0 Å². The van der Waals surface area contributed by atoms with Crippen LogP contribution < -0.4 is 5.73 Å². The standard InChI is InChI=1S/C34H42N2O3/c1-3-19-36(31-9-4-5-10-31)22-32-24(2)33(28-13-11-25(23-37)12-14-28)39-34(38-32)29-17-15-27(16-18-29)30-8-6-7-26(20-30)21-35/h3,6-8,11-18,20,24,31-34,37H,1,4-5,9-10,19,21-23,35H2,2H3/t24-,32+,33+,34+/m0/s1. The first-order valence-electron chi connectivity index (χ1n) is 14.3. The molecule has 5 heteroatoms. The molecule has 0 spiro atoms. The van der Waals surface area contributed by atoms with Crippen molar-refractivity contribution in [2.75, 3.05) is 13.1 Å². The number of benzene rings is 3. The van der Waals surface area contributed by atoms with Crippen molar-refractivity contribution in [3.63, 3.8) is 0 Å². The van der Waals surface area contributed by atoms with E-state index in [1.54, 1.807) is 0 Å². The van der Waals surface area contributed by atoms with Crippen molar-refractivity contribution in [2.24, 2.45) is 11.7 Å². The van der Waals surface area contributed by atoms with Gasteiger partial charge in [-0.3, -0.25) is 4.90 Å². The van der Waals surface area contributed by atoms with Gasteiger partial charge in [-0.1, -0.05) is 92.6 Å². The van der Waals surface area contributed by atoms with Crippen LogP contribution in [0.3, 0.4) is 0 Å². The van der Waals surface area contributed by atoms with Crippen molar-refractivity contribution >= 4 is 0 Å². The van der Waals surface area contributed by atoms with Crippen LogP contribution in [0.5, 0.6) is 0 Å². The molecule has 5 nitrogen and oxygen atoms in total. The number of hydrogen-bond acceptors (Lipinski definition) is 5. The molecule has 39 heavy (non-hydrogen) atoms. The van der Waals surface area contributed by atoms with Crippen LogP contribution in [0.15, 0.2) is 85.5 Å². The lowest BCUT2D eigenvalue weighted by molar-refractivity contribution is -0.276. The summed E-state index contributed by atoms with van der Waals surface area (Å²) in [7, 11) is 0. The van der Waals surface area contributed by atoms with Gasteiger partial charge in [0, 0.05) is 37.2 Å². The molecular weight excluding hydrogens is 484 g/mol. The fraction of sp³-hybridized carbons (Fsp3) is 0.412. The zero-order valence-corrected chi connectivity index (χ0v) is 23.0. The summed E-state index contributed by atoms with van der Waals surface area (Å²) in [6, 6.07) is 25.6. The lowest BCUT2D eigenvalue weighted by atomic mass is 9.89. The van der Waals surface area contributed by atoms with E-state index in [9.17, 15) is 5.11 Å². The van der Waals surface area contributed by atoms with Crippen molar-refractivity contribution < 1.29 is 14.6 Å². The second-order valence-corrected chi connectivity index (χ2v) is 11.0. The Hall–Kier alpha value is -2.80. The minimum atomic E-state index is -0.465. The Balaban J connectivity index is 1.41. The van der Waals surface area contributed by atoms with Gasteiger partial charge in [-0.2, -0.15) is 0 Å². The molecule has 4 atom stereocenters. The van der Waals surface area contributed by atoms with Gasteiger partial charge in [-0.05, 0) is 46.7 Å². The molecule has 1 saturated heterocycles. The van der Waals surface area contributed by atoms with Crippen LogP contribution in [0, 0.1) is 5.92 Å². The first-order valence-corrected chi connectivity index (χ1v) is 14.3. The van der Waals surface area contributed by atoms with E-state index in [1.165, 1.54) is 25.7 Å². The molecule has 3 aromatic carbocycles. The van der Waals surface area contributed by atoms with Crippen LogP contribution in [-0.2, 0) is 22.6 Å². The summed E-state index contributed by atoms with van der Waals surface area (Å²) in [4.78, 5) is 2.56. The summed E-state index contributed by atoms with van der Waals surface area (Å²) in [6.07, 6.45) is 6.53. The summed E-state index contributed by atoms with van der Waals surface area (Å²) >= 11 is 0. The molecule has 3 aromatic rings. The fourth-order valence-electron chi connectivity index (χ4n) is 6.08. The number of nitrogens with two attached hydrogens (primary N) is 1. The Morgan fingerprint density at radius 1 is 0.923 bits per heavy atom. The lowest BCUT2D eigenvalue weighted by Crippen LogP contribution is -2.47. The van der Waals surface area contributed by atoms with E-state index < -0.39 is 6.29 Å². The zero-order chi connectivity index (χ0) is 27.2. The predicted octanol–water partition coefficient (Wildman–Crippen LogP) is 6.53. The molecule has 0 radical (unpaired) electrons. The van der Waals surface area contributed by atoms with Crippen LogP contribution in [-0.4, -0.2) is 35.2 Å². The maximum Gasteiger partial charge on any atom is 0.184 e. The first kappa shape index (κ1) is 27.8. The summed E-state index contributed by atoms with van der Waals surface area (Å²) in [5.41, 5.74) is 12.3. The van der Waals surface area contributed by atoms with Crippen LogP contribution >= 0.6 is 0 Å². The Morgan fingerprint density at radius 2 is 1.64 bits per heavy atom. The van der Waals surface area contributed by atoms with E-state index in [-0.39, 0.29) is 24.7 Å². The molecule has 1 aliphatic carbocycles. The molecule has 1 saturated carbocycles. The van der Waals surface area contributed by atoms with Crippen LogP contribution in [0.25, 0.3) is 11.1 Å². The molecule has 0 unspecified atom stereocenters. The largest absolute Gasteiger partial charge is 0.392 e. The average molecular weight is 527 g/mol. The van der Waals surface area contributed by atoms with Crippen molar-refractivity contribution in [1.82, 2.24) is 4.90 Å². The van der Waals surface area contributed by atoms with E-state index in [4.69, 9.17) is 15.2 Å². The average Bonchev–Trinajstić information content (AvgIpc) is 3.53. The Kier molecular flexibility index (Phi) is 9.28. The third-order valence-electron chi connectivity index (χ3n) is 8.42. The van der Waals surface area contributed by atoms with Crippen molar-refractivity contribution in [1.29, 1.82) is 0 Å². The highest BCUT2D eigenvalue weighted by Crippen LogP contribution is 2.42. The minimum absolute atomic E-state index is 0.00716. The highest BCUT2D eigenvalue weighted by molar-refractivity contribution is 5.64. The maximum atomic E-state index is 9.54. The van der Waals surface area contributed by atoms with E-state index >= 15 is 0 Å². The Labute approximate surface area is 233 Å². The third kappa shape index (κ3) is 6.51. The normalized spacial score (nSPS) is 23.8.